The van der Waals surface area contributed by atoms with Crippen molar-refractivity contribution in [3.05, 3.63) is 24.2 Å². The quantitative estimate of drug-likeness (QED) is 0.536. The van der Waals surface area contributed by atoms with Crippen LogP contribution < -0.4 is 5.32 Å². The van der Waals surface area contributed by atoms with Crippen molar-refractivity contribution in [2.75, 3.05) is 20.2 Å². The lowest BCUT2D eigenvalue weighted by Crippen LogP contribution is -2.25. The summed E-state index contributed by atoms with van der Waals surface area (Å²) in [6.45, 7) is 0.958. The molecule has 0 aliphatic heterocycles. The summed E-state index contributed by atoms with van der Waals surface area (Å²) < 4.78 is 9.57. The van der Waals surface area contributed by atoms with E-state index in [1.54, 1.807) is 6.26 Å². The fourth-order valence-corrected chi connectivity index (χ4v) is 0.929. The second-order valence-corrected chi connectivity index (χ2v) is 2.58. The molecule has 0 amide bonds. The molecule has 4 nitrogen and oxygen atoms in total. The molecule has 1 rings (SSSR count). The molecule has 0 spiro atoms. The molecule has 1 aromatic heterocycles. The van der Waals surface area contributed by atoms with Gasteiger partial charge in [0, 0.05) is 13.0 Å². The lowest BCUT2D eigenvalue weighted by atomic mass is 10.3. The number of hydrogen-bond donors (Lipinski definition) is 1. The van der Waals surface area contributed by atoms with Crippen molar-refractivity contribution in [3.8, 4) is 0 Å². The third kappa shape index (κ3) is 3.75. The predicted octanol–water partition coefficient (Wildman–Crippen LogP) is 0.585. The van der Waals surface area contributed by atoms with E-state index in [9.17, 15) is 4.79 Å². The van der Waals surface area contributed by atoms with Crippen LogP contribution in [0.2, 0.25) is 0 Å². The first-order chi connectivity index (χ1) is 6.33. The molecule has 1 aromatic rings. The van der Waals surface area contributed by atoms with E-state index in [1.165, 1.54) is 7.11 Å². The van der Waals surface area contributed by atoms with E-state index in [2.05, 4.69) is 10.1 Å². The van der Waals surface area contributed by atoms with Gasteiger partial charge >= 0.3 is 5.97 Å². The summed E-state index contributed by atoms with van der Waals surface area (Å²) in [5, 5.41) is 2.94. The molecular formula is C9H13NO3. The Morgan fingerprint density at radius 1 is 1.69 bits per heavy atom. The van der Waals surface area contributed by atoms with Gasteiger partial charge < -0.3 is 14.5 Å². The van der Waals surface area contributed by atoms with Crippen molar-refractivity contribution in [1.29, 1.82) is 0 Å². The van der Waals surface area contributed by atoms with Crippen LogP contribution in [0.1, 0.15) is 5.76 Å². The minimum Gasteiger partial charge on any atom is -0.469 e. The Balaban J connectivity index is 2.05. The monoisotopic (exact) mass is 183 g/mol. The zero-order valence-corrected chi connectivity index (χ0v) is 7.58. The van der Waals surface area contributed by atoms with Crippen LogP contribution >= 0.6 is 0 Å². The van der Waals surface area contributed by atoms with E-state index in [0.29, 0.717) is 6.54 Å². The van der Waals surface area contributed by atoms with Crippen LogP contribution in [0.5, 0.6) is 0 Å². The number of carbonyl (C=O) groups is 1. The lowest BCUT2D eigenvalue weighted by Gasteiger charge is -2.00. The van der Waals surface area contributed by atoms with E-state index in [4.69, 9.17) is 4.42 Å². The third-order valence-corrected chi connectivity index (χ3v) is 1.63. The Morgan fingerprint density at radius 3 is 3.15 bits per heavy atom. The highest BCUT2D eigenvalue weighted by Crippen LogP contribution is 1.99. The topological polar surface area (TPSA) is 51.5 Å². The van der Waals surface area contributed by atoms with Crippen molar-refractivity contribution < 1.29 is 13.9 Å². The maximum atomic E-state index is 10.7. The van der Waals surface area contributed by atoms with Crippen LogP contribution in [-0.4, -0.2) is 26.2 Å². The van der Waals surface area contributed by atoms with Crippen molar-refractivity contribution >= 4 is 5.97 Å². The minimum atomic E-state index is -0.251. The standard InChI is InChI=1S/C9H13NO3/c1-12-9(11)7-10-5-4-8-3-2-6-13-8/h2-3,6,10H,4-5,7H2,1H3. The second kappa shape index (κ2) is 5.37. The summed E-state index contributed by atoms with van der Waals surface area (Å²) in [7, 11) is 1.37. The van der Waals surface area contributed by atoms with Gasteiger partial charge in [0.2, 0.25) is 0 Å². The highest BCUT2D eigenvalue weighted by molar-refractivity contribution is 5.71. The molecule has 0 bridgehead atoms. The number of furan rings is 1. The molecule has 0 fully saturated rings. The number of nitrogens with one attached hydrogen (secondary N) is 1. The molecule has 0 aliphatic rings. The largest absolute Gasteiger partial charge is 0.469 e. The first-order valence-corrected chi connectivity index (χ1v) is 4.13. The lowest BCUT2D eigenvalue weighted by molar-refractivity contribution is -0.139. The number of rotatable bonds is 5. The van der Waals surface area contributed by atoms with Crippen LogP contribution in [0.4, 0.5) is 0 Å². The first kappa shape index (κ1) is 9.80. The van der Waals surface area contributed by atoms with Gasteiger partial charge in [0.1, 0.15) is 5.76 Å². The maximum Gasteiger partial charge on any atom is 0.319 e. The molecule has 1 heterocycles. The Kier molecular flexibility index (Phi) is 4.05. The van der Waals surface area contributed by atoms with Gasteiger partial charge in [-0.15, -0.1) is 0 Å². The van der Waals surface area contributed by atoms with Gasteiger partial charge in [0.25, 0.3) is 0 Å². The Morgan fingerprint density at radius 2 is 2.54 bits per heavy atom. The van der Waals surface area contributed by atoms with Crippen molar-refractivity contribution in [2.24, 2.45) is 0 Å². The molecule has 72 valence electrons. The summed E-state index contributed by atoms with van der Waals surface area (Å²) in [6.07, 6.45) is 2.42. The molecule has 0 atom stereocenters. The number of esters is 1. The number of methoxy groups -OCH3 is 1. The van der Waals surface area contributed by atoms with E-state index < -0.39 is 0 Å². The second-order valence-electron chi connectivity index (χ2n) is 2.58. The third-order valence-electron chi connectivity index (χ3n) is 1.63. The zero-order chi connectivity index (χ0) is 9.52. The smallest absolute Gasteiger partial charge is 0.319 e. The van der Waals surface area contributed by atoms with Gasteiger partial charge in [-0.25, -0.2) is 0 Å². The molecule has 0 radical (unpaired) electrons. The summed E-state index contributed by atoms with van der Waals surface area (Å²) in [5.74, 6) is 0.664. The minimum absolute atomic E-state index is 0.247. The van der Waals surface area contributed by atoms with Gasteiger partial charge in [0.15, 0.2) is 0 Å². The summed E-state index contributed by atoms with van der Waals surface area (Å²) >= 11 is 0. The number of ether oxygens (including phenoxy) is 1. The van der Waals surface area contributed by atoms with E-state index in [1.807, 2.05) is 12.1 Å². The molecular weight excluding hydrogens is 170 g/mol. The van der Waals surface area contributed by atoms with Gasteiger partial charge in [-0.2, -0.15) is 0 Å². The fraction of sp³-hybridized carbons (Fsp3) is 0.444. The Hall–Kier alpha value is -1.29. The van der Waals surface area contributed by atoms with Crippen molar-refractivity contribution in [1.82, 2.24) is 5.32 Å². The van der Waals surface area contributed by atoms with Crippen LogP contribution in [0, 0.1) is 0 Å². The van der Waals surface area contributed by atoms with Gasteiger partial charge in [0.05, 0.1) is 19.9 Å². The van der Waals surface area contributed by atoms with Gasteiger partial charge in [-0.05, 0) is 12.1 Å². The van der Waals surface area contributed by atoms with Crippen LogP contribution in [0.25, 0.3) is 0 Å². The summed E-state index contributed by atoms with van der Waals surface area (Å²) in [4.78, 5) is 10.7. The van der Waals surface area contributed by atoms with E-state index >= 15 is 0 Å². The molecule has 0 unspecified atom stereocenters. The normalized spacial score (nSPS) is 9.92. The summed E-state index contributed by atoms with van der Waals surface area (Å²) in [5.41, 5.74) is 0. The molecule has 0 saturated carbocycles. The molecule has 4 heteroatoms. The predicted molar refractivity (Wildman–Crippen MR) is 47.3 cm³/mol. The molecule has 0 aliphatic carbocycles. The number of carbonyl (C=O) groups excluding carboxylic acids is 1. The van der Waals surface area contributed by atoms with E-state index in [-0.39, 0.29) is 12.5 Å². The number of hydrogen-bond acceptors (Lipinski definition) is 4. The van der Waals surface area contributed by atoms with Gasteiger partial charge in [-0.1, -0.05) is 0 Å². The van der Waals surface area contributed by atoms with Crippen molar-refractivity contribution in [3.63, 3.8) is 0 Å². The first-order valence-electron chi connectivity index (χ1n) is 4.13. The highest BCUT2D eigenvalue weighted by Gasteiger charge is 1.99. The Labute approximate surface area is 76.9 Å². The van der Waals surface area contributed by atoms with Crippen LogP contribution in [0.15, 0.2) is 22.8 Å². The van der Waals surface area contributed by atoms with Crippen LogP contribution in [0.3, 0.4) is 0 Å². The fourth-order valence-electron chi connectivity index (χ4n) is 0.929. The maximum absolute atomic E-state index is 10.7. The molecule has 1 N–H and O–H groups in total. The molecule has 0 aromatic carbocycles. The van der Waals surface area contributed by atoms with Crippen LogP contribution in [-0.2, 0) is 16.0 Å². The average Bonchev–Trinajstić information content (AvgIpc) is 2.64. The molecule has 13 heavy (non-hydrogen) atoms. The SMILES string of the molecule is COC(=O)CNCCc1ccco1. The van der Waals surface area contributed by atoms with Crippen molar-refractivity contribution in [2.45, 2.75) is 6.42 Å². The van der Waals surface area contributed by atoms with Gasteiger partial charge in [-0.3, -0.25) is 4.79 Å². The zero-order valence-electron chi connectivity index (χ0n) is 7.58. The van der Waals surface area contributed by atoms with E-state index in [0.717, 1.165) is 12.2 Å². The average molecular weight is 183 g/mol. The molecule has 0 saturated heterocycles. The summed E-state index contributed by atoms with van der Waals surface area (Å²) in [6, 6.07) is 3.75. The highest BCUT2D eigenvalue weighted by atomic mass is 16.5. The Bertz CT molecular complexity index is 243.